The summed E-state index contributed by atoms with van der Waals surface area (Å²) in [6.07, 6.45) is 2.49. The van der Waals surface area contributed by atoms with Crippen LogP contribution in [0, 0.1) is 0 Å². The molecule has 1 N–H and O–H groups in total. The van der Waals surface area contributed by atoms with Gasteiger partial charge in [0, 0.05) is 18.5 Å². The molecule has 0 saturated carbocycles. The zero-order valence-corrected chi connectivity index (χ0v) is 10.6. The summed E-state index contributed by atoms with van der Waals surface area (Å²) in [5.74, 6) is 0.430. The van der Waals surface area contributed by atoms with Crippen molar-refractivity contribution in [1.29, 1.82) is 0 Å². The van der Waals surface area contributed by atoms with Crippen molar-refractivity contribution in [3.05, 3.63) is 18.0 Å². The van der Waals surface area contributed by atoms with Crippen molar-refractivity contribution in [1.82, 2.24) is 15.1 Å². The molecule has 0 aliphatic rings. The molecule has 5 nitrogen and oxygen atoms in total. The molecule has 1 rings (SSSR count). The quantitative estimate of drug-likeness (QED) is 0.756. The Kier molecular flexibility index (Phi) is 4.95. The first kappa shape index (κ1) is 13.2. The van der Waals surface area contributed by atoms with Gasteiger partial charge in [0.2, 0.25) is 0 Å². The average molecular weight is 245 g/mol. The molecular formula is C10H19N3O2S. The highest BCUT2D eigenvalue weighted by atomic mass is 32.2. The lowest BCUT2D eigenvalue weighted by molar-refractivity contribution is 0.577. The van der Waals surface area contributed by atoms with Crippen molar-refractivity contribution in [2.75, 3.05) is 18.6 Å². The Morgan fingerprint density at radius 1 is 1.44 bits per heavy atom. The summed E-state index contributed by atoms with van der Waals surface area (Å²) >= 11 is 0. The van der Waals surface area contributed by atoms with Gasteiger partial charge in [-0.25, -0.2) is 8.42 Å². The summed E-state index contributed by atoms with van der Waals surface area (Å²) in [6, 6.07) is 1.89. The normalized spacial score (nSPS) is 11.9. The third kappa shape index (κ3) is 4.32. The summed E-state index contributed by atoms with van der Waals surface area (Å²) in [5, 5.41) is 7.25. The van der Waals surface area contributed by atoms with Crippen LogP contribution >= 0.6 is 0 Å². The molecular weight excluding hydrogens is 226 g/mol. The highest BCUT2D eigenvalue weighted by Crippen LogP contribution is 1.98. The van der Waals surface area contributed by atoms with Gasteiger partial charge in [0.15, 0.2) is 9.84 Å². The zero-order valence-electron chi connectivity index (χ0n) is 9.81. The Hall–Kier alpha value is -0.880. The fourth-order valence-electron chi connectivity index (χ4n) is 1.45. The predicted molar refractivity (Wildman–Crippen MR) is 63.9 cm³/mol. The van der Waals surface area contributed by atoms with Crippen LogP contribution in [0.3, 0.4) is 0 Å². The highest BCUT2D eigenvalue weighted by Gasteiger charge is 2.09. The van der Waals surface area contributed by atoms with Crippen LogP contribution in [0.5, 0.6) is 0 Å². The van der Waals surface area contributed by atoms with Crippen LogP contribution < -0.4 is 5.32 Å². The maximum atomic E-state index is 11.5. The minimum atomic E-state index is -2.91. The molecule has 0 bridgehead atoms. The molecule has 0 atom stereocenters. The van der Waals surface area contributed by atoms with Crippen molar-refractivity contribution in [3.63, 3.8) is 0 Å². The second-order valence-corrected chi connectivity index (χ2v) is 6.06. The van der Waals surface area contributed by atoms with Gasteiger partial charge in [0.05, 0.1) is 18.0 Å². The second kappa shape index (κ2) is 6.00. The summed E-state index contributed by atoms with van der Waals surface area (Å²) < 4.78 is 24.6. The fraction of sp³-hybridized carbons (Fsp3) is 0.700. The molecule has 1 heterocycles. The molecule has 0 fully saturated rings. The predicted octanol–water partition coefficient (Wildman–Crippen LogP) is 0.427. The Labute approximate surface area is 96.8 Å². The van der Waals surface area contributed by atoms with Crippen LogP contribution in [0.15, 0.2) is 12.3 Å². The Morgan fingerprint density at radius 3 is 2.81 bits per heavy atom. The minimum absolute atomic E-state index is 0.168. The first-order chi connectivity index (χ1) is 7.57. The molecule has 0 aliphatic carbocycles. The van der Waals surface area contributed by atoms with Crippen LogP contribution in [0.25, 0.3) is 0 Å². The lowest BCUT2D eigenvalue weighted by atomic mass is 10.4. The fourth-order valence-corrected chi connectivity index (χ4v) is 2.74. The molecule has 16 heavy (non-hydrogen) atoms. The number of sulfone groups is 1. The molecule has 0 spiro atoms. The average Bonchev–Trinajstić information content (AvgIpc) is 2.64. The highest BCUT2D eigenvalue weighted by molar-refractivity contribution is 7.91. The molecule has 0 aromatic carbocycles. The van der Waals surface area contributed by atoms with Crippen LogP contribution in [0.2, 0.25) is 0 Å². The van der Waals surface area contributed by atoms with Gasteiger partial charge in [-0.2, -0.15) is 5.10 Å². The molecule has 92 valence electrons. The van der Waals surface area contributed by atoms with Gasteiger partial charge in [-0.15, -0.1) is 0 Å². The maximum Gasteiger partial charge on any atom is 0.152 e. The largest absolute Gasteiger partial charge is 0.314 e. The first-order valence-corrected chi connectivity index (χ1v) is 7.27. The molecule has 1 aromatic rings. The van der Waals surface area contributed by atoms with E-state index in [4.69, 9.17) is 0 Å². The van der Waals surface area contributed by atoms with E-state index in [-0.39, 0.29) is 11.5 Å². The van der Waals surface area contributed by atoms with E-state index in [0.29, 0.717) is 19.5 Å². The van der Waals surface area contributed by atoms with E-state index >= 15 is 0 Å². The maximum absolute atomic E-state index is 11.5. The van der Waals surface area contributed by atoms with Crippen LogP contribution in [0.4, 0.5) is 0 Å². The van der Waals surface area contributed by atoms with E-state index in [2.05, 4.69) is 10.4 Å². The Balaban J connectivity index is 2.48. The SMILES string of the molecule is CCCS(=O)(=O)CCn1ccc(CNC)n1. The molecule has 0 saturated heterocycles. The molecule has 6 heteroatoms. The standard InChI is InChI=1S/C10H19N3O2S/c1-3-7-16(14,15)8-6-13-5-4-10(12-13)9-11-2/h4-5,11H,3,6-9H2,1-2H3. The van der Waals surface area contributed by atoms with Crippen molar-refractivity contribution in [2.45, 2.75) is 26.4 Å². The van der Waals surface area contributed by atoms with Crippen molar-refractivity contribution in [3.8, 4) is 0 Å². The molecule has 0 amide bonds. The summed E-state index contributed by atoms with van der Waals surface area (Å²) in [4.78, 5) is 0. The summed E-state index contributed by atoms with van der Waals surface area (Å²) in [6.45, 7) is 3.01. The van der Waals surface area contributed by atoms with E-state index in [1.807, 2.05) is 26.2 Å². The Bertz CT molecular complexity index is 411. The van der Waals surface area contributed by atoms with Crippen molar-refractivity contribution >= 4 is 9.84 Å². The van der Waals surface area contributed by atoms with Crippen LogP contribution in [-0.4, -0.2) is 36.8 Å². The van der Waals surface area contributed by atoms with E-state index in [1.165, 1.54) is 0 Å². The van der Waals surface area contributed by atoms with Gasteiger partial charge >= 0.3 is 0 Å². The van der Waals surface area contributed by atoms with Gasteiger partial charge in [-0.3, -0.25) is 4.68 Å². The number of hydrogen-bond donors (Lipinski definition) is 1. The number of nitrogens with zero attached hydrogens (tertiary/aromatic N) is 2. The molecule has 0 radical (unpaired) electrons. The van der Waals surface area contributed by atoms with Crippen molar-refractivity contribution in [2.24, 2.45) is 0 Å². The van der Waals surface area contributed by atoms with E-state index in [9.17, 15) is 8.42 Å². The third-order valence-corrected chi connectivity index (χ3v) is 4.04. The second-order valence-electron chi connectivity index (χ2n) is 3.75. The van der Waals surface area contributed by atoms with Gasteiger partial charge < -0.3 is 5.32 Å². The molecule has 1 aromatic heterocycles. The number of nitrogens with one attached hydrogen (secondary N) is 1. The third-order valence-electron chi connectivity index (χ3n) is 2.20. The number of aryl methyl sites for hydroxylation is 1. The molecule has 0 aliphatic heterocycles. The smallest absolute Gasteiger partial charge is 0.152 e. The van der Waals surface area contributed by atoms with Gasteiger partial charge in [0.25, 0.3) is 0 Å². The van der Waals surface area contributed by atoms with Gasteiger partial charge in [0.1, 0.15) is 0 Å². The van der Waals surface area contributed by atoms with Gasteiger partial charge in [-0.05, 0) is 19.5 Å². The topological polar surface area (TPSA) is 64.0 Å². The molecule has 0 unspecified atom stereocenters. The lowest BCUT2D eigenvalue weighted by Crippen LogP contribution is -2.16. The van der Waals surface area contributed by atoms with E-state index < -0.39 is 9.84 Å². The number of hydrogen-bond acceptors (Lipinski definition) is 4. The summed E-state index contributed by atoms with van der Waals surface area (Å²) in [5.41, 5.74) is 0.926. The van der Waals surface area contributed by atoms with Crippen molar-refractivity contribution < 1.29 is 8.42 Å². The zero-order chi connectivity index (χ0) is 12.0. The first-order valence-electron chi connectivity index (χ1n) is 5.44. The summed E-state index contributed by atoms with van der Waals surface area (Å²) in [7, 11) is -1.06. The van der Waals surface area contributed by atoms with E-state index in [0.717, 1.165) is 5.69 Å². The number of rotatable bonds is 7. The van der Waals surface area contributed by atoms with Gasteiger partial charge in [-0.1, -0.05) is 6.92 Å². The number of aromatic nitrogens is 2. The van der Waals surface area contributed by atoms with Crippen LogP contribution in [0.1, 0.15) is 19.0 Å². The minimum Gasteiger partial charge on any atom is -0.314 e. The van der Waals surface area contributed by atoms with Crippen LogP contribution in [-0.2, 0) is 22.9 Å². The Morgan fingerprint density at radius 2 is 2.19 bits per heavy atom. The van der Waals surface area contributed by atoms with E-state index in [1.54, 1.807) is 4.68 Å². The lowest BCUT2D eigenvalue weighted by Gasteiger charge is -2.03. The monoisotopic (exact) mass is 245 g/mol.